The second kappa shape index (κ2) is 3.08. The lowest BCUT2D eigenvalue weighted by Crippen LogP contribution is -1.75. The minimum Gasteiger partial charge on any atom is -0.440 e. The molecule has 0 saturated heterocycles. The third-order valence-corrected chi connectivity index (χ3v) is 2.16. The quantitative estimate of drug-likeness (QED) is 0.731. The highest BCUT2D eigenvalue weighted by molar-refractivity contribution is 9.11. The van der Waals surface area contributed by atoms with E-state index in [-0.39, 0.29) is 20.5 Å². The van der Waals surface area contributed by atoms with Crippen molar-refractivity contribution in [2.75, 3.05) is 0 Å². The van der Waals surface area contributed by atoms with Crippen LogP contribution in [0.25, 0.3) is 0 Å². The number of hydrogen-bond donors (Lipinski definition) is 0. The van der Waals surface area contributed by atoms with Crippen LogP contribution in [0.15, 0.2) is 13.8 Å². The van der Waals surface area contributed by atoms with Gasteiger partial charge in [-0.05, 0) is 31.9 Å². The molecule has 1 rings (SSSR count). The highest BCUT2D eigenvalue weighted by Crippen LogP contribution is 2.29. The molecule has 0 N–H and O–H groups in total. The van der Waals surface area contributed by atoms with Crippen molar-refractivity contribution in [1.29, 1.82) is 10.5 Å². The Morgan fingerprint density at radius 1 is 1.00 bits per heavy atom. The Bertz CT molecular complexity index is 335. The molecule has 0 aliphatic rings. The molecule has 0 aliphatic carbocycles. The van der Waals surface area contributed by atoms with Crippen molar-refractivity contribution in [3.05, 3.63) is 20.5 Å². The van der Waals surface area contributed by atoms with E-state index in [9.17, 15) is 0 Å². The first-order chi connectivity index (χ1) is 5.20. The second-order valence-electron chi connectivity index (χ2n) is 1.62. The van der Waals surface area contributed by atoms with Crippen LogP contribution in [0.1, 0.15) is 11.1 Å². The monoisotopic (exact) mass is 274 g/mol. The zero-order chi connectivity index (χ0) is 8.43. The summed E-state index contributed by atoms with van der Waals surface area (Å²) < 4.78 is 5.48. The van der Waals surface area contributed by atoms with E-state index in [0.717, 1.165) is 0 Å². The van der Waals surface area contributed by atoms with Crippen molar-refractivity contribution in [3.8, 4) is 12.1 Å². The largest absolute Gasteiger partial charge is 0.440 e. The summed E-state index contributed by atoms with van der Waals surface area (Å²) >= 11 is 6.00. The van der Waals surface area contributed by atoms with E-state index in [2.05, 4.69) is 31.9 Å². The number of nitriles is 2. The summed E-state index contributed by atoms with van der Waals surface area (Å²) in [5.74, 6) is 0. The number of nitrogens with zero attached hydrogens (tertiary/aromatic N) is 2. The lowest BCUT2D eigenvalue weighted by molar-refractivity contribution is 0.515. The van der Waals surface area contributed by atoms with E-state index in [1.807, 2.05) is 12.1 Å². The third kappa shape index (κ3) is 1.30. The van der Waals surface area contributed by atoms with Gasteiger partial charge in [-0.1, -0.05) is 0 Å². The fourth-order valence-electron chi connectivity index (χ4n) is 0.577. The fraction of sp³-hybridized carbons (Fsp3) is 0. The van der Waals surface area contributed by atoms with Gasteiger partial charge >= 0.3 is 0 Å². The number of halogens is 2. The van der Waals surface area contributed by atoms with Gasteiger partial charge in [0, 0.05) is 0 Å². The zero-order valence-electron chi connectivity index (χ0n) is 5.06. The van der Waals surface area contributed by atoms with Gasteiger partial charge in [0.05, 0.1) is 0 Å². The van der Waals surface area contributed by atoms with Crippen LogP contribution >= 0.6 is 31.9 Å². The molecule has 0 atom stereocenters. The molecule has 0 amide bonds. The van der Waals surface area contributed by atoms with E-state index in [4.69, 9.17) is 14.9 Å². The first kappa shape index (κ1) is 8.32. The molecule has 0 radical (unpaired) electrons. The van der Waals surface area contributed by atoms with Crippen molar-refractivity contribution >= 4 is 31.9 Å². The number of hydrogen-bond acceptors (Lipinski definition) is 3. The smallest absolute Gasteiger partial charge is 0.189 e. The molecule has 1 heterocycles. The minimum absolute atomic E-state index is 0.222. The molecular weight excluding hydrogens is 276 g/mol. The van der Waals surface area contributed by atoms with Crippen molar-refractivity contribution in [3.63, 3.8) is 0 Å². The average molecular weight is 276 g/mol. The Labute approximate surface area is 79.5 Å². The normalized spacial score (nSPS) is 8.73. The SMILES string of the molecule is N#Cc1c(Br)oc(Br)c1C#N. The standard InChI is InChI=1S/C6Br2N2O/c7-5-3(1-9)4(2-10)6(8)11-5. The summed E-state index contributed by atoms with van der Waals surface area (Å²) in [5, 5.41) is 17.1. The Morgan fingerprint density at radius 3 is 1.64 bits per heavy atom. The van der Waals surface area contributed by atoms with Gasteiger partial charge < -0.3 is 4.42 Å². The molecule has 11 heavy (non-hydrogen) atoms. The summed E-state index contributed by atoms with van der Waals surface area (Å²) in [7, 11) is 0. The summed E-state index contributed by atoms with van der Waals surface area (Å²) in [6.45, 7) is 0. The molecule has 0 saturated carbocycles. The molecule has 1 aromatic heterocycles. The Hall–Kier alpha value is -0.780. The Morgan fingerprint density at radius 2 is 1.36 bits per heavy atom. The van der Waals surface area contributed by atoms with Crippen molar-refractivity contribution in [2.45, 2.75) is 0 Å². The topological polar surface area (TPSA) is 60.7 Å². The van der Waals surface area contributed by atoms with E-state index in [1.165, 1.54) is 0 Å². The molecule has 0 unspecified atom stereocenters. The maximum atomic E-state index is 8.53. The lowest BCUT2D eigenvalue weighted by Gasteiger charge is -1.77. The summed E-state index contributed by atoms with van der Waals surface area (Å²) in [6, 6.07) is 3.68. The van der Waals surface area contributed by atoms with Crippen LogP contribution in [0.3, 0.4) is 0 Å². The zero-order valence-corrected chi connectivity index (χ0v) is 8.23. The van der Waals surface area contributed by atoms with Crippen molar-refractivity contribution in [2.24, 2.45) is 0 Å². The van der Waals surface area contributed by atoms with Gasteiger partial charge in [-0.2, -0.15) is 10.5 Å². The average Bonchev–Trinajstić information content (AvgIpc) is 2.24. The van der Waals surface area contributed by atoms with Gasteiger partial charge in [0.1, 0.15) is 23.3 Å². The first-order valence-electron chi connectivity index (χ1n) is 2.48. The third-order valence-electron chi connectivity index (χ3n) is 1.05. The van der Waals surface area contributed by atoms with Gasteiger partial charge in [0.2, 0.25) is 0 Å². The van der Waals surface area contributed by atoms with Gasteiger partial charge in [-0.15, -0.1) is 0 Å². The van der Waals surface area contributed by atoms with Crippen LogP contribution in [0.5, 0.6) is 0 Å². The molecule has 1 aromatic rings. The van der Waals surface area contributed by atoms with Gasteiger partial charge in [0.15, 0.2) is 9.34 Å². The number of furan rings is 1. The van der Waals surface area contributed by atoms with E-state index in [1.54, 1.807) is 0 Å². The molecular formula is C6Br2N2O. The van der Waals surface area contributed by atoms with Crippen LogP contribution < -0.4 is 0 Å². The first-order valence-corrected chi connectivity index (χ1v) is 4.07. The summed E-state index contributed by atoms with van der Waals surface area (Å²) in [4.78, 5) is 0. The predicted molar refractivity (Wildman–Crippen MR) is 43.5 cm³/mol. The number of rotatable bonds is 0. The van der Waals surface area contributed by atoms with Crippen molar-refractivity contribution in [1.82, 2.24) is 0 Å². The van der Waals surface area contributed by atoms with Crippen LogP contribution in [-0.2, 0) is 0 Å². The van der Waals surface area contributed by atoms with Crippen LogP contribution in [-0.4, -0.2) is 0 Å². The van der Waals surface area contributed by atoms with Crippen molar-refractivity contribution < 1.29 is 4.42 Å². The highest BCUT2D eigenvalue weighted by Gasteiger charge is 2.15. The second-order valence-corrected chi connectivity index (χ2v) is 3.06. The minimum atomic E-state index is 0.222. The fourth-order valence-corrected chi connectivity index (χ4v) is 1.69. The van der Waals surface area contributed by atoms with Gasteiger partial charge in [0.25, 0.3) is 0 Å². The molecule has 0 spiro atoms. The van der Waals surface area contributed by atoms with Crippen LogP contribution in [0.2, 0.25) is 0 Å². The summed E-state index contributed by atoms with van der Waals surface area (Å²) in [6.07, 6.45) is 0. The molecule has 0 fully saturated rings. The molecule has 0 aromatic carbocycles. The molecule has 5 heteroatoms. The van der Waals surface area contributed by atoms with E-state index < -0.39 is 0 Å². The Kier molecular flexibility index (Phi) is 2.33. The predicted octanol–water partition coefficient (Wildman–Crippen LogP) is 2.55. The molecule has 54 valence electrons. The maximum Gasteiger partial charge on any atom is 0.189 e. The summed E-state index contributed by atoms with van der Waals surface area (Å²) in [5.41, 5.74) is 0.443. The highest BCUT2D eigenvalue weighted by atomic mass is 79.9. The molecule has 0 bridgehead atoms. The lowest BCUT2D eigenvalue weighted by atomic mass is 10.2. The Balaban J connectivity index is 3.47. The van der Waals surface area contributed by atoms with Gasteiger partial charge in [-0.3, -0.25) is 0 Å². The van der Waals surface area contributed by atoms with Crippen LogP contribution in [0.4, 0.5) is 0 Å². The van der Waals surface area contributed by atoms with Crippen LogP contribution in [0, 0.1) is 22.7 Å². The van der Waals surface area contributed by atoms with E-state index >= 15 is 0 Å². The molecule has 3 nitrogen and oxygen atoms in total. The van der Waals surface area contributed by atoms with E-state index in [0.29, 0.717) is 0 Å². The molecule has 0 aliphatic heterocycles. The van der Waals surface area contributed by atoms with Gasteiger partial charge in [-0.25, -0.2) is 0 Å². The maximum absolute atomic E-state index is 8.53.